The highest BCUT2D eigenvalue weighted by atomic mass is 15.2. The van der Waals surface area contributed by atoms with Crippen LogP contribution in [0.1, 0.15) is 12.5 Å². The summed E-state index contributed by atoms with van der Waals surface area (Å²) in [6.07, 6.45) is 2.24. The van der Waals surface area contributed by atoms with Gasteiger partial charge in [0.2, 0.25) is 0 Å². The van der Waals surface area contributed by atoms with Gasteiger partial charge in [-0.15, -0.1) is 0 Å². The zero-order valence-corrected chi connectivity index (χ0v) is 8.54. The predicted molar refractivity (Wildman–Crippen MR) is 58.3 cm³/mol. The van der Waals surface area contributed by atoms with Gasteiger partial charge in [0.05, 0.1) is 5.54 Å². The summed E-state index contributed by atoms with van der Waals surface area (Å²) in [5, 5.41) is 4.80. The molecule has 1 fully saturated rings. The van der Waals surface area contributed by atoms with Crippen LogP contribution >= 0.6 is 0 Å². The number of aromatic nitrogens is 1. The summed E-state index contributed by atoms with van der Waals surface area (Å²) in [6.45, 7) is 3.36. The molecule has 2 nitrogen and oxygen atoms in total. The molecule has 1 atom stereocenters. The van der Waals surface area contributed by atoms with Crippen molar-refractivity contribution in [3.63, 3.8) is 0 Å². The SMILES string of the molecule is Cn1cc(C2(C)CN2)c2ccccc21. The van der Waals surface area contributed by atoms with Crippen molar-refractivity contribution in [2.45, 2.75) is 12.5 Å². The predicted octanol–water partition coefficient (Wildman–Crippen LogP) is 2.00. The second kappa shape index (κ2) is 2.39. The quantitative estimate of drug-likeness (QED) is 0.677. The summed E-state index contributed by atoms with van der Waals surface area (Å²) in [6, 6.07) is 8.58. The first kappa shape index (κ1) is 8.06. The van der Waals surface area contributed by atoms with Crippen molar-refractivity contribution in [3.05, 3.63) is 36.0 Å². The second-order valence-electron chi connectivity index (χ2n) is 4.36. The molecule has 0 amide bonds. The second-order valence-corrected chi connectivity index (χ2v) is 4.36. The van der Waals surface area contributed by atoms with Crippen LogP contribution in [0.4, 0.5) is 0 Å². The summed E-state index contributed by atoms with van der Waals surface area (Å²) in [5.74, 6) is 0. The largest absolute Gasteiger partial charge is 0.350 e. The fourth-order valence-corrected chi connectivity index (χ4v) is 2.10. The van der Waals surface area contributed by atoms with E-state index in [0.717, 1.165) is 6.54 Å². The van der Waals surface area contributed by atoms with E-state index >= 15 is 0 Å². The topological polar surface area (TPSA) is 26.9 Å². The van der Waals surface area contributed by atoms with Crippen molar-refractivity contribution < 1.29 is 0 Å². The Morgan fingerprint density at radius 3 is 2.79 bits per heavy atom. The van der Waals surface area contributed by atoms with Gasteiger partial charge in [0.25, 0.3) is 0 Å². The average molecular weight is 186 g/mol. The number of para-hydroxylation sites is 1. The molecule has 1 aromatic heterocycles. The molecular formula is C12H14N2. The number of nitrogens with zero attached hydrogens (tertiary/aromatic N) is 1. The van der Waals surface area contributed by atoms with Crippen LogP contribution < -0.4 is 5.32 Å². The molecule has 0 saturated carbocycles. The van der Waals surface area contributed by atoms with Gasteiger partial charge in [-0.1, -0.05) is 18.2 Å². The third-order valence-electron chi connectivity index (χ3n) is 3.20. The highest BCUT2D eigenvalue weighted by Crippen LogP contribution is 2.35. The summed E-state index contributed by atoms with van der Waals surface area (Å²) >= 11 is 0. The van der Waals surface area contributed by atoms with Crippen LogP contribution in [-0.4, -0.2) is 11.1 Å². The first-order chi connectivity index (χ1) is 6.71. The van der Waals surface area contributed by atoms with E-state index < -0.39 is 0 Å². The molecule has 14 heavy (non-hydrogen) atoms. The smallest absolute Gasteiger partial charge is 0.0554 e. The Hall–Kier alpha value is -1.28. The van der Waals surface area contributed by atoms with Gasteiger partial charge in [-0.2, -0.15) is 0 Å². The first-order valence-corrected chi connectivity index (χ1v) is 5.00. The molecule has 2 aromatic rings. The van der Waals surface area contributed by atoms with E-state index in [2.05, 4.69) is 54.3 Å². The number of rotatable bonds is 1. The Balaban J connectivity index is 2.34. The molecule has 2 heterocycles. The van der Waals surface area contributed by atoms with Crippen molar-refractivity contribution in [2.75, 3.05) is 6.54 Å². The van der Waals surface area contributed by atoms with Crippen LogP contribution in [0.2, 0.25) is 0 Å². The Kier molecular flexibility index (Phi) is 1.38. The maximum atomic E-state index is 3.42. The van der Waals surface area contributed by atoms with Gasteiger partial charge in [-0.3, -0.25) is 0 Å². The van der Waals surface area contributed by atoms with E-state index in [9.17, 15) is 0 Å². The van der Waals surface area contributed by atoms with Gasteiger partial charge in [0.15, 0.2) is 0 Å². The normalized spacial score (nSPS) is 25.6. The molecular weight excluding hydrogens is 172 g/mol. The van der Waals surface area contributed by atoms with Crippen molar-refractivity contribution in [1.82, 2.24) is 9.88 Å². The molecule has 0 radical (unpaired) electrons. The van der Waals surface area contributed by atoms with E-state index in [-0.39, 0.29) is 5.54 Å². The Morgan fingerprint density at radius 2 is 2.07 bits per heavy atom. The maximum absolute atomic E-state index is 3.42. The van der Waals surface area contributed by atoms with Crippen LogP contribution in [0.15, 0.2) is 30.5 Å². The number of fused-ring (bicyclic) bond motifs is 1. The maximum Gasteiger partial charge on any atom is 0.0554 e. The van der Waals surface area contributed by atoms with Crippen LogP contribution in [0.25, 0.3) is 10.9 Å². The Labute approximate surface area is 83.5 Å². The van der Waals surface area contributed by atoms with Crippen LogP contribution in [0.5, 0.6) is 0 Å². The van der Waals surface area contributed by atoms with Gasteiger partial charge in [-0.25, -0.2) is 0 Å². The van der Waals surface area contributed by atoms with Crippen molar-refractivity contribution >= 4 is 10.9 Å². The Morgan fingerprint density at radius 1 is 1.36 bits per heavy atom. The summed E-state index contributed by atoms with van der Waals surface area (Å²) in [4.78, 5) is 0. The molecule has 1 N–H and O–H groups in total. The van der Waals surface area contributed by atoms with E-state index in [1.54, 1.807) is 0 Å². The van der Waals surface area contributed by atoms with E-state index in [4.69, 9.17) is 0 Å². The standard InChI is InChI=1S/C12H14N2/c1-12(8-13-12)10-7-14(2)11-6-4-3-5-9(10)11/h3-7,13H,8H2,1-2H3. The number of hydrogen-bond donors (Lipinski definition) is 1. The molecule has 1 unspecified atom stereocenters. The summed E-state index contributed by atoms with van der Waals surface area (Å²) in [5.41, 5.74) is 2.97. The number of hydrogen-bond acceptors (Lipinski definition) is 1. The molecule has 0 bridgehead atoms. The highest BCUT2D eigenvalue weighted by Gasteiger charge is 2.40. The van der Waals surface area contributed by atoms with Gasteiger partial charge in [-0.05, 0) is 18.6 Å². The number of nitrogens with one attached hydrogen (secondary N) is 1. The fourth-order valence-electron chi connectivity index (χ4n) is 2.10. The third-order valence-corrected chi connectivity index (χ3v) is 3.20. The minimum Gasteiger partial charge on any atom is -0.350 e. The monoisotopic (exact) mass is 186 g/mol. The van der Waals surface area contributed by atoms with Gasteiger partial charge >= 0.3 is 0 Å². The first-order valence-electron chi connectivity index (χ1n) is 5.00. The van der Waals surface area contributed by atoms with Crippen molar-refractivity contribution in [1.29, 1.82) is 0 Å². The summed E-state index contributed by atoms with van der Waals surface area (Å²) in [7, 11) is 2.11. The molecule has 2 heteroatoms. The molecule has 1 saturated heterocycles. The average Bonchev–Trinajstić information content (AvgIpc) is 2.84. The number of aryl methyl sites for hydroxylation is 1. The molecule has 0 aliphatic carbocycles. The lowest BCUT2D eigenvalue weighted by Crippen LogP contribution is -2.05. The fraction of sp³-hybridized carbons (Fsp3) is 0.333. The minimum absolute atomic E-state index is 0.223. The number of benzene rings is 1. The van der Waals surface area contributed by atoms with Crippen molar-refractivity contribution in [2.24, 2.45) is 7.05 Å². The van der Waals surface area contributed by atoms with Gasteiger partial charge < -0.3 is 9.88 Å². The van der Waals surface area contributed by atoms with Gasteiger partial charge in [0, 0.05) is 30.7 Å². The zero-order valence-electron chi connectivity index (χ0n) is 8.54. The van der Waals surface area contributed by atoms with Crippen LogP contribution in [-0.2, 0) is 12.6 Å². The van der Waals surface area contributed by atoms with Crippen LogP contribution in [0, 0.1) is 0 Å². The lowest BCUT2D eigenvalue weighted by molar-refractivity contribution is 0.764. The molecule has 1 aromatic carbocycles. The molecule has 1 aliphatic rings. The van der Waals surface area contributed by atoms with E-state index in [0.29, 0.717) is 0 Å². The Bertz CT molecular complexity index is 492. The minimum atomic E-state index is 0.223. The van der Waals surface area contributed by atoms with Crippen LogP contribution in [0.3, 0.4) is 0 Å². The zero-order chi connectivity index (χ0) is 9.76. The van der Waals surface area contributed by atoms with Crippen molar-refractivity contribution in [3.8, 4) is 0 Å². The summed E-state index contributed by atoms with van der Waals surface area (Å²) < 4.78 is 2.20. The van der Waals surface area contributed by atoms with E-state index in [1.165, 1.54) is 16.5 Å². The van der Waals surface area contributed by atoms with Gasteiger partial charge in [0.1, 0.15) is 0 Å². The molecule has 3 rings (SSSR count). The molecule has 0 spiro atoms. The lowest BCUT2D eigenvalue weighted by Gasteiger charge is -2.03. The highest BCUT2D eigenvalue weighted by molar-refractivity contribution is 5.85. The molecule has 72 valence electrons. The third kappa shape index (κ3) is 0.946. The molecule has 1 aliphatic heterocycles. The van der Waals surface area contributed by atoms with E-state index in [1.807, 2.05) is 0 Å². The lowest BCUT2D eigenvalue weighted by atomic mass is 10.0.